The minimum Gasteiger partial charge on any atom is -0.391 e. The van der Waals surface area contributed by atoms with E-state index in [0.717, 1.165) is 43.1 Å². The summed E-state index contributed by atoms with van der Waals surface area (Å²) in [4.78, 5) is 30.7. The summed E-state index contributed by atoms with van der Waals surface area (Å²) in [5, 5.41) is 25.8. The Morgan fingerprint density at radius 1 is 1.21 bits per heavy atom. The number of piperazine rings is 1. The summed E-state index contributed by atoms with van der Waals surface area (Å²) < 4.78 is 15.4. The number of anilines is 3. The van der Waals surface area contributed by atoms with Crippen LogP contribution in [0.4, 0.5) is 21.0 Å². The second-order valence-corrected chi connectivity index (χ2v) is 11.6. The van der Waals surface area contributed by atoms with Crippen LogP contribution in [0.5, 0.6) is 0 Å². The molecule has 6 rings (SSSR count). The normalized spacial score (nSPS) is 17.6. The molecule has 2 aliphatic heterocycles. The molecule has 1 amide bonds. The first-order chi connectivity index (χ1) is 20.3. The zero-order valence-electron chi connectivity index (χ0n) is 23.6. The summed E-state index contributed by atoms with van der Waals surface area (Å²) in [5.41, 5.74) is 2.80. The molecule has 0 unspecified atom stereocenters. The zero-order valence-corrected chi connectivity index (χ0v) is 24.4. The van der Waals surface area contributed by atoms with Crippen LogP contribution in [0.25, 0.3) is 22.3 Å². The minimum absolute atomic E-state index is 0.0760. The van der Waals surface area contributed by atoms with E-state index >= 15 is 0 Å². The molecule has 3 aromatic heterocycles. The number of aromatic nitrogens is 4. The number of thiazole rings is 1. The number of benzene rings is 1. The molecule has 5 heterocycles. The fourth-order valence-electron chi connectivity index (χ4n) is 5.58. The van der Waals surface area contributed by atoms with Gasteiger partial charge in [0.25, 0.3) is 0 Å². The lowest BCUT2D eigenvalue weighted by Gasteiger charge is -2.36. The number of nitrogens with zero attached hydrogens (tertiary/aromatic N) is 9. The Kier molecular flexibility index (Phi) is 7.76. The first-order valence-corrected chi connectivity index (χ1v) is 14.9. The third kappa shape index (κ3) is 5.40. The van der Waals surface area contributed by atoms with Crippen molar-refractivity contribution < 1.29 is 14.3 Å². The van der Waals surface area contributed by atoms with E-state index in [2.05, 4.69) is 26.9 Å². The molecule has 4 aromatic rings. The van der Waals surface area contributed by atoms with Crippen LogP contribution in [-0.4, -0.2) is 99.5 Å². The van der Waals surface area contributed by atoms with Crippen LogP contribution in [0.3, 0.4) is 0 Å². The van der Waals surface area contributed by atoms with Gasteiger partial charge in [-0.1, -0.05) is 11.3 Å². The molecule has 42 heavy (non-hydrogen) atoms. The van der Waals surface area contributed by atoms with Gasteiger partial charge in [-0.15, -0.1) is 0 Å². The number of aliphatic hydroxyl groups excluding tert-OH is 1. The summed E-state index contributed by atoms with van der Waals surface area (Å²) in [6.45, 7) is 7.08. The van der Waals surface area contributed by atoms with Gasteiger partial charge in [-0.2, -0.15) is 10.4 Å². The Labute approximate surface area is 247 Å². The van der Waals surface area contributed by atoms with E-state index in [1.54, 1.807) is 17.0 Å². The van der Waals surface area contributed by atoms with Gasteiger partial charge < -0.3 is 19.8 Å². The van der Waals surface area contributed by atoms with E-state index in [4.69, 9.17) is 10.1 Å². The molecule has 0 aliphatic carbocycles. The maximum atomic E-state index is 13.5. The number of aryl methyl sites for hydroxylation is 1. The van der Waals surface area contributed by atoms with Gasteiger partial charge in [-0.25, -0.2) is 19.0 Å². The van der Waals surface area contributed by atoms with Crippen molar-refractivity contribution in [2.24, 2.45) is 0 Å². The van der Waals surface area contributed by atoms with E-state index < -0.39 is 6.10 Å². The molecule has 1 aromatic carbocycles. The molecular formula is C29H32FN9O2S. The Hall–Kier alpha value is -4.12. The second kappa shape index (κ2) is 11.6. The number of likely N-dealkylation sites (tertiary alicyclic amines) is 1. The first-order valence-electron chi connectivity index (χ1n) is 14.0. The number of rotatable bonds is 7. The van der Waals surface area contributed by atoms with E-state index in [1.165, 1.54) is 23.5 Å². The van der Waals surface area contributed by atoms with Crippen LogP contribution >= 0.6 is 11.3 Å². The van der Waals surface area contributed by atoms with E-state index in [-0.39, 0.29) is 11.7 Å². The van der Waals surface area contributed by atoms with Crippen LogP contribution in [0.2, 0.25) is 0 Å². The Balaban J connectivity index is 1.22. The van der Waals surface area contributed by atoms with Crippen molar-refractivity contribution in [3.63, 3.8) is 0 Å². The van der Waals surface area contributed by atoms with Crippen LogP contribution in [0.1, 0.15) is 18.2 Å². The summed E-state index contributed by atoms with van der Waals surface area (Å²) >= 11 is 1.28. The predicted octanol–water partition coefficient (Wildman–Crippen LogP) is 3.07. The Morgan fingerprint density at radius 3 is 2.64 bits per heavy atom. The highest BCUT2D eigenvalue weighted by atomic mass is 32.1. The molecule has 2 aliphatic rings. The number of β-amino-alcohol motifs (C(OH)–C–C–N with tert-alkyl or cyclic N) is 1. The standard InChI is InChI=1S/C29H32FN9O2S/c1-3-39-28(35(2)29-33-26(24(15-31)42-29)19-4-6-20(30)7-5-19)23-14-21(16-32-27(23)34-39)37-12-10-36(11-13-37)18-25(41)38-9-8-22(40)17-38/h4-7,14,16,22,40H,3,8-13,17-18H2,1-2H3/t22-/m1/s1. The van der Waals surface area contributed by atoms with Crippen LogP contribution in [0.15, 0.2) is 36.5 Å². The van der Waals surface area contributed by atoms with E-state index in [9.17, 15) is 19.6 Å². The lowest BCUT2D eigenvalue weighted by Crippen LogP contribution is -2.50. The highest BCUT2D eigenvalue weighted by Crippen LogP contribution is 2.38. The first kappa shape index (κ1) is 28.0. The third-order valence-electron chi connectivity index (χ3n) is 7.90. The number of nitriles is 1. The van der Waals surface area contributed by atoms with Gasteiger partial charge in [0, 0.05) is 58.4 Å². The largest absolute Gasteiger partial charge is 0.391 e. The number of fused-ring (bicyclic) bond motifs is 1. The number of amides is 1. The number of halogens is 1. The van der Waals surface area contributed by atoms with E-state index in [1.807, 2.05) is 29.7 Å². The van der Waals surface area contributed by atoms with Gasteiger partial charge >= 0.3 is 0 Å². The van der Waals surface area contributed by atoms with Gasteiger partial charge in [0.05, 0.1) is 29.9 Å². The third-order valence-corrected chi connectivity index (χ3v) is 8.94. The average molecular weight is 590 g/mol. The molecule has 0 radical (unpaired) electrons. The number of carbonyl (C=O) groups excluding carboxylic acids is 1. The fourth-order valence-corrected chi connectivity index (χ4v) is 6.43. The summed E-state index contributed by atoms with van der Waals surface area (Å²) in [6.07, 6.45) is 2.09. The number of hydrogen-bond donors (Lipinski definition) is 1. The Morgan fingerprint density at radius 2 is 1.98 bits per heavy atom. The van der Waals surface area contributed by atoms with Crippen LogP contribution in [-0.2, 0) is 11.3 Å². The van der Waals surface area contributed by atoms with Crippen LogP contribution < -0.4 is 9.80 Å². The van der Waals surface area contributed by atoms with Gasteiger partial charge in [0.1, 0.15) is 28.3 Å². The maximum absolute atomic E-state index is 13.5. The lowest BCUT2D eigenvalue weighted by atomic mass is 10.1. The highest BCUT2D eigenvalue weighted by molar-refractivity contribution is 7.16. The van der Waals surface area contributed by atoms with Crippen molar-refractivity contribution in [3.8, 4) is 17.3 Å². The lowest BCUT2D eigenvalue weighted by molar-refractivity contribution is -0.131. The number of aliphatic hydroxyl groups is 1. The summed E-state index contributed by atoms with van der Waals surface area (Å²) in [7, 11) is 1.90. The van der Waals surface area contributed by atoms with Gasteiger partial charge in [-0.05, 0) is 43.7 Å². The van der Waals surface area contributed by atoms with Crippen molar-refractivity contribution in [1.82, 2.24) is 29.5 Å². The zero-order chi connectivity index (χ0) is 29.4. The SMILES string of the molecule is CCn1nc2ncc(N3CCN(CC(=O)N4CC[C@@H](O)C4)CC3)cc2c1N(C)c1nc(-c2ccc(F)cc2)c(C#N)s1. The predicted molar refractivity (Wildman–Crippen MR) is 159 cm³/mol. The Bertz CT molecular complexity index is 1640. The smallest absolute Gasteiger partial charge is 0.236 e. The molecule has 218 valence electrons. The van der Waals surface area contributed by atoms with Crippen molar-refractivity contribution in [1.29, 1.82) is 5.26 Å². The number of pyridine rings is 1. The molecule has 0 bridgehead atoms. The number of hydrogen-bond acceptors (Lipinski definition) is 10. The minimum atomic E-state index is -0.407. The molecule has 0 saturated carbocycles. The fraction of sp³-hybridized carbons (Fsp3) is 0.414. The van der Waals surface area contributed by atoms with Gasteiger partial charge in [0.15, 0.2) is 10.8 Å². The molecule has 1 atom stereocenters. The molecule has 13 heteroatoms. The van der Waals surface area contributed by atoms with Crippen molar-refractivity contribution in [3.05, 3.63) is 47.2 Å². The van der Waals surface area contributed by atoms with Crippen molar-refractivity contribution >= 4 is 44.9 Å². The van der Waals surface area contributed by atoms with Gasteiger partial charge in [0.2, 0.25) is 5.91 Å². The number of carbonyl (C=O) groups is 1. The monoisotopic (exact) mass is 589 g/mol. The summed E-state index contributed by atoms with van der Waals surface area (Å²) in [5.74, 6) is 0.555. The van der Waals surface area contributed by atoms with Crippen LogP contribution in [0, 0.1) is 17.1 Å². The maximum Gasteiger partial charge on any atom is 0.236 e. The van der Waals surface area contributed by atoms with Gasteiger partial charge in [-0.3, -0.25) is 9.69 Å². The molecule has 1 N–H and O–H groups in total. The summed E-state index contributed by atoms with van der Waals surface area (Å²) in [6, 6.07) is 10.3. The van der Waals surface area contributed by atoms with Crippen molar-refractivity contribution in [2.75, 3.05) is 62.7 Å². The molecule has 2 fully saturated rings. The van der Waals surface area contributed by atoms with E-state index in [0.29, 0.717) is 59.5 Å². The molecular weight excluding hydrogens is 557 g/mol. The molecule has 11 nitrogen and oxygen atoms in total. The average Bonchev–Trinajstić information content (AvgIpc) is 3.73. The quantitative estimate of drug-likeness (QED) is 0.347. The molecule has 2 saturated heterocycles. The van der Waals surface area contributed by atoms with Crippen molar-refractivity contribution in [2.45, 2.75) is 26.0 Å². The molecule has 0 spiro atoms. The second-order valence-electron chi connectivity index (χ2n) is 10.6. The highest BCUT2D eigenvalue weighted by Gasteiger charge is 2.28. The topological polar surface area (TPSA) is 118 Å².